The molecule has 0 radical (unpaired) electrons. The molecule has 0 saturated carbocycles. The zero-order valence-electron chi connectivity index (χ0n) is 17.8. The molecule has 0 amide bonds. The van der Waals surface area contributed by atoms with Gasteiger partial charge in [0.05, 0.1) is 12.6 Å². The number of hydrogen-bond donors (Lipinski definition) is 0. The highest BCUT2D eigenvalue weighted by Crippen LogP contribution is 2.29. The Morgan fingerprint density at radius 1 is 0.688 bits per heavy atom. The molecular weight excluding hydrogens is 420 g/mol. The van der Waals surface area contributed by atoms with E-state index < -0.39 is 0 Å². The quantitative estimate of drug-likeness (QED) is 0.451. The Hall–Kier alpha value is -2.99. The van der Waals surface area contributed by atoms with Gasteiger partial charge < -0.3 is 16.8 Å². The first-order valence-electron chi connectivity index (χ1n) is 10.8. The van der Waals surface area contributed by atoms with E-state index in [-0.39, 0.29) is 18.4 Å². The lowest BCUT2D eigenvalue weighted by Gasteiger charge is -2.39. The zero-order valence-corrected chi connectivity index (χ0v) is 18.6. The molecule has 4 aromatic rings. The largest absolute Gasteiger partial charge is 1.00 e. The van der Waals surface area contributed by atoms with E-state index >= 15 is 0 Å². The zero-order chi connectivity index (χ0) is 20.9. The summed E-state index contributed by atoms with van der Waals surface area (Å²) in [6, 6.07) is 31.8. The third kappa shape index (κ3) is 5.07. The molecule has 1 aromatic heterocycles. The predicted molar refractivity (Wildman–Crippen MR) is 121 cm³/mol. The van der Waals surface area contributed by atoms with Crippen LogP contribution in [-0.4, -0.2) is 46.2 Å². The highest BCUT2D eigenvalue weighted by atomic mass is 35.5. The molecule has 1 saturated heterocycles. The number of rotatable bonds is 6. The van der Waals surface area contributed by atoms with Crippen molar-refractivity contribution in [2.24, 2.45) is 0 Å². The summed E-state index contributed by atoms with van der Waals surface area (Å²) in [6.45, 7) is 4.62. The van der Waals surface area contributed by atoms with Gasteiger partial charge in [-0.1, -0.05) is 78.9 Å². The summed E-state index contributed by atoms with van der Waals surface area (Å²) in [5, 5.41) is 8.48. The summed E-state index contributed by atoms with van der Waals surface area (Å²) in [5.41, 5.74) is 3.64. The molecule has 1 aliphatic heterocycles. The number of aromatic nitrogens is 2. The molecule has 6 heteroatoms. The van der Waals surface area contributed by atoms with Crippen LogP contribution in [0.15, 0.2) is 95.4 Å². The lowest BCUT2D eigenvalue weighted by atomic mass is 9.96. The van der Waals surface area contributed by atoms with Gasteiger partial charge in [-0.15, -0.1) is 10.2 Å². The van der Waals surface area contributed by atoms with Gasteiger partial charge >= 0.3 is 0 Å². The molecule has 0 unspecified atom stereocenters. The Morgan fingerprint density at radius 3 is 1.78 bits per heavy atom. The van der Waals surface area contributed by atoms with E-state index in [1.54, 1.807) is 0 Å². The Balaban J connectivity index is 0.00000245. The molecule has 0 N–H and O–H groups in total. The molecule has 0 spiro atoms. The van der Waals surface area contributed by atoms with E-state index in [0.717, 1.165) is 31.7 Å². The van der Waals surface area contributed by atoms with Crippen molar-refractivity contribution in [2.45, 2.75) is 12.6 Å². The molecule has 0 aliphatic carbocycles. The number of hydrogen-bond acceptors (Lipinski definition) is 5. The van der Waals surface area contributed by atoms with Crippen molar-refractivity contribution in [1.29, 1.82) is 0 Å². The molecule has 5 nitrogen and oxygen atoms in total. The summed E-state index contributed by atoms with van der Waals surface area (Å²) in [4.78, 5) is 4.97. The maximum Gasteiger partial charge on any atom is 0.247 e. The molecule has 1 fully saturated rings. The fourth-order valence-corrected chi connectivity index (χ4v) is 4.27. The smallest absolute Gasteiger partial charge is 0.247 e. The SMILES string of the molecule is [Cl-].c1ccc(-c2nnc(CN3CCN(C(c4ccccc4)c4ccccc4)CC3)o2)cc1. The second-order valence-corrected chi connectivity index (χ2v) is 7.90. The van der Waals surface area contributed by atoms with Gasteiger partial charge in [0.25, 0.3) is 0 Å². The van der Waals surface area contributed by atoms with Gasteiger partial charge in [0.15, 0.2) is 0 Å². The molecule has 5 rings (SSSR count). The summed E-state index contributed by atoms with van der Waals surface area (Å²) in [5.74, 6) is 1.26. The predicted octanol–water partition coefficient (Wildman–Crippen LogP) is 1.65. The summed E-state index contributed by atoms with van der Waals surface area (Å²) < 4.78 is 5.91. The molecule has 0 bridgehead atoms. The fourth-order valence-electron chi connectivity index (χ4n) is 4.27. The first-order chi connectivity index (χ1) is 15.4. The van der Waals surface area contributed by atoms with Crippen molar-refractivity contribution in [3.63, 3.8) is 0 Å². The number of piperazine rings is 1. The van der Waals surface area contributed by atoms with E-state index in [1.165, 1.54) is 11.1 Å². The standard InChI is InChI=1S/C26H26N4O.ClH/c1-4-10-21(11-5-1)25(22-12-6-2-7-13-22)30-18-16-29(17-19-30)20-24-27-28-26(31-24)23-14-8-3-9-15-23;/h1-15,25H,16-20H2;1H/p-1. The van der Waals surface area contributed by atoms with Crippen LogP contribution < -0.4 is 12.4 Å². The minimum absolute atomic E-state index is 0. The van der Waals surface area contributed by atoms with Gasteiger partial charge in [-0.05, 0) is 23.3 Å². The molecule has 32 heavy (non-hydrogen) atoms. The normalized spacial score (nSPS) is 14.9. The van der Waals surface area contributed by atoms with Crippen LogP contribution in [0.5, 0.6) is 0 Å². The van der Waals surface area contributed by atoms with E-state index in [2.05, 4.69) is 80.7 Å². The van der Waals surface area contributed by atoms with E-state index in [4.69, 9.17) is 4.42 Å². The highest BCUT2D eigenvalue weighted by Gasteiger charge is 2.27. The minimum atomic E-state index is 0. The molecule has 1 aliphatic rings. The molecule has 164 valence electrons. The molecular formula is C26H26ClN4O-. The van der Waals surface area contributed by atoms with Gasteiger partial charge in [0, 0.05) is 31.7 Å². The first kappa shape index (κ1) is 22.2. The van der Waals surface area contributed by atoms with Gasteiger partial charge in [-0.2, -0.15) is 0 Å². The molecule has 0 atom stereocenters. The van der Waals surface area contributed by atoms with Crippen molar-refractivity contribution in [3.8, 4) is 11.5 Å². The first-order valence-corrected chi connectivity index (χ1v) is 10.8. The second-order valence-electron chi connectivity index (χ2n) is 7.90. The number of halogens is 1. The summed E-state index contributed by atoms with van der Waals surface area (Å²) in [7, 11) is 0. The number of benzene rings is 3. The highest BCUT2D eigenvalue weighted by molar-refractivity contribution is 5.51. The van der Waals surface area contributed by atoms with Crippen molar-refractivity contribution < 1.29 is 16.8 Å². The van der Waals surface area contributed by atoms with Crippen LogP contribution in [0, 0.1) is 0 Å². The van der Waals surface area contributed by atoms with Gasteiger partial charge in [0.2, 0.25) is 11.8 Å². The average Bonchev–Trinajstić information content (AvgIpc) is 3.31. The Morgan fingerprint density at radius 2 is 1.22 bits per heavy atom. The third-order valence-corrected chi connectivity index (χ3v) is 5.85. The van der Waals surface area contributed by atoms with E-state index in [0.29, 0.717) is 18.3 Å². The minimum Gasteiger partial charge on any atom is -1.00 e. The van der Waals surface area contributed by atoms with Crippen molar-refractivity contribution in [1.82, 2.24) is 20.0 Å². The second kappa shape index (κ2) is 10.6. The topological polar surface area (TPSA) is 45.4 Å². The van der Waals surface area contributed by atoms with Gasteiger partial charge in [0.1, 0.15) is 0 Å². The average molecular weight is 446 g/mol. The maximum absolute atomic E-state index is 5.91. The molecule has 3 aromatic carbocycles. The summed E-state index contributed by atoms with van der Waals surface area (Å²) >= 11 is 0. The van der Waals surface area contributed by atoms with Gasteiger partial charge in [-0.3, -0.25) is 9.80 Å². The van der Waals surface area contributed by atoms with Crippen LogP contribution in [0.3, 0.4) is 0 Å². The van der Waals surface area contributed by atoms with Gasteiger partial charge in [-0.25, -0.2) is 0 Å². The third-order valence-electron chi connectivity index (χ3n) is 5.85. The van der Waals surface area contributed by atoms with Crippen LogP contribution in [-0.2, 0) is 6.54 Å². The van der Waals surface area contributed by atoms with Crippen LogP contribution in [0.4, 0.5) is 0 Å². The van der Waals surface area contributed by atoms with Crippen molar-refractivity contribution >= 4 is 0 Å². The number of nitrogens with zero attached hydrogens (tertiary/aromatic N) is 4. The lowest BCUT2D eigenvalue weighted by molar-refractivity contribution is -0.00000700. The van der Waals surface area contributed by atoms with Crippen LogP contribution in [0.1, 0.15) is 23.1 Å². The van der Waals surface area contributed by atoms with E-state index in [9.17, 15) is 0 Å². The maximum atomic E-state index is 5.91. The molecule has 2 heterocycles. The van der Waals surface area contributed by atoms with Crippen molar-refractivity contribution in [2.75, 3.05) is 26.2 Å². The van der Waals surface area contributed by atoms with Crippen molar-refractivity contribution in [3.05, 3.63) is 108 Å². The Labute approximate surface area is 195 Å². The van der Waals surface area contributed by atoms with Crippen LogP contribution in [0.25, 0.3) is 11.5 Å². The lowest BCUT2D eigenvalue weighted by Crippen LogP contribution is -3.00. The fraction of sp³-hybridized carbons (Fsp3) is 0.231. The van der Waals surface area contributed by atoms with E-state index in [1.807, 2.05) is 30.3 Å². The monoisotopic (exact) mass is 445 g/mol. The Kier molecular flexibility index (Phi) is 7.32. The van der Waals surface area contributed by atoms with Crippen LogP contribution in [0.2, 0.25) is 0 Å². The summed E-state index contributed by atoms with van der Waals surface area (Å²) in [6.07, 6.45) is 0. The van der Waals surface area contributed by atoms with Crippen LogP contribution >= 0.6 is 0 Å². The Bertz CT molecular complexity index is 1040.